The lowest BCUT2D eigenvalue weighted by Gasteiger charge is -2.10. The van der Waals surface area contributed by atoms with Gasteiger partial charge < -0.3 is 17.9 Å². The molecule has 3 unspecified atom stereocenters. The number of halogens is 1. The van der Waals surface area contributed by atoms with Gasteiger partial charge in [0.15, 0.2) is 0 Å². The molecule has 5 nitrogen and oxygen atoms in total. The van der Waals surface area contributed by atoms with Gasteiger partial charge in [-0.15, -0.1) is 11.8 Å². The van der Waals surface area contributed by atoms with Gasteiger partial charge in [0.25, 0.3) is 0 Å². The summed E-state index contributed by atoms with van der Waals surface area (Å²) in [5, 5.41) is 2.58. The number of fused-ring (bicyclic) bond motifs is 1. The van der Waals surface area contributed by atoms with Crippen molar-refractivity contribution in [1.29, 1.82) is 0 Å². The molecule has 3 atom stereocenters. The molecule has 0 spiro atoms. The Morgan fingerprint density at radius 1 is 1.25 bits per heavy atom. The van der Waals surface area contributed by atoms with Crippen molar-refractivity contribution in [1.82, 2.24) is 5.32 Å². The number of nitrogens with one attached hydrogen (secondary N) is 1. The fourth-order valence-corrected chi connectivity index (χ4v) is 3.20. The molecule has 2 aliphatic carbocycles. The first kappa shape index (κ1) is 21.5. The predicted molar refractivity (Wildman–Crippen MR) is 103 cm³/mol. The Hall–Kier alpha value is -0.520. The molecule has 1 saturated carbocycles. The van der Waals surface area contributed by atoms with Crippen LogP contribution in [0.15, 0.2) is 0 Å². The van der Waals surface area contributed by atoms with E-state index in [1.54, 1.807) is 0 Å². The summed E-state index contributed by atoms with van der Waals surface area (Å²) in [6, 6.07) is 0. The van der Waals surface area contributed by atoms with Crippen LogP contribution in [0, 0.1) is 29.6 Å². The molecule has 0 aromatic heterocycles. The summed E-state index contributed by atoms with van der Waals surface area (Å²) < 4.78 is 14.8. The maximum atomic E-state index is 10.6. The molecule has 1 fully saturated rings. The molecular formula is C18H30INO4. The monoisotopic (exact) mass is 451 g/mol. The maximum Gasteiger partial charge on any atom is 0.406 e. The van der Waals surface area contributed by atoms with Crippen LogP contribution in [0.2, 0.25) is 0 Å². The van der Waals surface area contributed by atoms with Gasteiger partial charge in [-0.25, -0.2) is 4.79 Å². The quantitative estimate of drug-likeness (QED) is 0.345. The average Bonchev–Trinajstić information content (AvgIpc) is 3.28. The van der Waals surface area contributed by atoms with Crippen LogP contribution in [-0.2, 0) is 12.5 Å². The molecule has 1 N–H and O–H groups in total. The van der Waals surface area contributed by atoms with Crippen LogP contribution >= 0.6 is 23.0 Å². The summed E-state index contributed by atoms with van der Waals surface area (Å²) in [7, 11) is 1.34. The summed E-state index contributed by atoms with van der Waals surface area (Å²) in [5.74, 6) is 8.95. The van der Waals surface area contributed by atoms with Crippen LogP contribution < -0.4 is 5.32 Å². The number of carbonyl (C=O) groups excluding carboxylic acids is 1. The number of rotatable bonds is 8. The molecule has 0 aromatic rings. The molecule has 2 rings (SSSR count). The third-order valence-electron chi connectivity index (χ3n) is 4.14. The highest BCUT2D eigenvalue weighted by molar-refractivity contribution is 14.1. The topological polar surface area (TPSA) is 56.8 Å². The molecule has 6 heteroatoms. The standard InChI is InChI=1S/C9H18INO4.C9H12/c1-8(7-15-10)6-14-5-3-4-11-9(12)13-2;1-2-4-6-9-7-8(9)5-3-1/h8H,3-7H2,1-2H3,(H,11,12);8-9H,3-7H2. The highest BCUT2D eigenvalue weighted by atomic mass is 127. The Bertz CT molecular complexity index is 392. The van der Waals surface area contributed by atoms with E-state index in [9.17, 15) is 4.79 Å². The van der Waals surface area contributed by atoms with Gasteiger partial charge in [0.05, 0.1) is 20.3 Å². The van der Waals surface area contributed by atoms with Gasteiger partial charge in [-0.3, -0.25) is 0 Å². The summed E-state index contributed by atoms with van der Waals surface area (Å²) in [6.45, 7) is 4.65. The first-order chi connectivity index (χ1) is 11.7. The smallest absolute Gasteiger partial charge is 0.406 e. The lowest BCUT2D eigenvalue weighted by molar-refractivity contribution is 0.0902. The van der Waals surface area contributed by atoms with E-state index in [0.29, 0.717) is 32.3 Å². The molecule has 0 radical (unpaired) electrons. The fraction of sp³-hybridized carbons (Fsp3) is 0.833. The Morgan fingerprint density at radius 3 is 2.50 bits per heavy atom. The molecule has 2 aliphatic rings. The summed E-state index contributed by atoms with van der Waals surface area (Å²) in [6.07, 6.45) is 7.00. The minimum Gasteiger partial charge on any atom is -0.453 e. The second-order valence-corrected chi connectivity index (χ2v) is 7.04. The van der Waals surface area contributed by atoms with E-state index in [0.717, 1.165) is 18.3 Å². The first-order valence-electron chi connectivity index (χ1n) is 8.76. The lowest BCUT2D eigenvalue weighted by Crippen LogP contribution is -2.25. The molecule has 0 saturated heterocycles. The van der Waals surface area contributed by atoms with Gasteiger partial charge in [-0.2, -0.15) is 0 Å². The van der Waals surface area contributed by atoms with E-state index < -0.39 is 6.09 Å². The molecule has 0 heterocycles. The van der Waals surface area contributed by atoms with Crippen LogP contribution in [0.3, 0.4) is 0 Å². The normalized spacial score (nSPS) is 22.3. The maximum absolute atomic E-state index is 10.6. The molecule has 138 valence electrons. The third-order valence-corrected chi connectivity index (χ3v) is 4.50. The van der Waals surface area contributed by atoms with Gasteiger partial charge in [0, 0.05) is 31.9 Å². The van der Waals surface area contributed by atoms with Crippen molar-refractivity contribution < 1.29 is 17.3 Å². The predicted octanol–water partition coefficient (Wildman–Crippen LogP) is 3.95. The number of amides is 1. The summed E-state index contributed by atoms with van der Waals surface area (Å²) in [4.78, 5) is 10.6. The van der Waals surface area contributed by atoms with Crippen molar-refractivity contribution >= 4 is 29.1 Å². The van der Waals surface area contributed by atoms with E-state index in [-0.39, 0.29) is 0 Å². The minimum atomic E-state index is -0.401. The van der Waals surface area contributed by atoms with Crippen LogP contribution in [0.4, 0.5) is 4.79 Å². The zero-order valence-electron chi connectivity index (χ0n) is 14.8. The van der Waals surface area contributed by atoms with Crippen LogP contribution in [0.1, 0.15) is 45.4 Å². The van der Waals surface area contributed by atoms with Gasteiger partial charge >= 0.3 is 6.09 Å². The van der Waals surface area contributed by atoms with E-state index in [1.165, 1.54) is 39.2 Å². The van der Waals surface area contributed by atoms with Crippen LogP contribution in [-0.4, -0.2) is 39.6 Å². The SMILES string of the molecule is C1#CCCC2CC2CC1.COC(=O)NCCCOCC(C)COI. The molecular weight excluding hydrogens is 421 g/mol. The zero-order chi connectivity index (χ0) is 17.6. The number of ether oxygens (including phenoxy) is 2. The van der Waals surface area contributed by atoms with E-state index in [1.807, 2.05) is 23.0 Å². The lowest BCUT2D eigenvalue weighted by atomic mass is 10.1. The minimum absolute atomic E-state index is 0.399. The highest BCUT2D eigenvalue weighted by Gasteiger charge is 2.35. The van der Waals surface area contributed by atoms with E-state index >= 15 is 0 Å². The zero-order valence-corrected chi connectivity index (χ0v) is 17.0. The Morgan fingerprint density at radius 2 is 1.92 bits per heavy atom. The Balaban J connectivity index is 0.000000267. The summed E-state index contributed by atoms with van der Waals surface area (Å²) >= 11 is 1.87. The van der Waals surface area contributed by atoms with Gasteiger partial charge in [-0.1, -0.05) is 6.92 Å². The molecule has 0 aromatic carbocycles. The molecule has 1 amide bonds. The molecule has 24 heavy (non-hydrogen) atoms. The number of alkyl carbamates (subject to hydrolysis) is 1. The Kier molecular flexibility index (Phi) is 12.3. The van der Waals surface area contributed by atoms with Crippen LogP contribution in [0.5, 0.6) is 0 Å². The van der Waals surface area contributed by atoms with Crippen molar-refractivity contribution in [3.63, 3.8) is 0 Å². The van der Waals surface area contributed by atoms with Gasteiger partial charge in [0.1, 0.15) is 23.0 Å². The average molecular weight is 451 g/mol. The Labute approximate surface area is 160 Å². The second kappa shape index (κ2) is 13.7. The van der Waals surface area contributed by atoms with Crippen molar-refractivity contribution in [2.24, 2.45) is 17.8 Å². The number of hydrogen-bond acceptors (Lipinski definition) is 4. The van der Waals surface area contributed by atoms with Crippen molar-refractivity contribution in [3.8, 4) is 11.8 Å². The first-order valence-corrected chi connectivity index (χ1v) is 9.64. The van der Waals surface area contributed by atoms with E-state index in [4.69, 9.17) is 7.80 Å². The third kappa shape index (κ3) is 11.1. The fourth-order valence-electron chi connectivity index (χ4n) is 2.59. The van der Waals surface area contributed by atoms with Crippen molar-refractivity contribution in [2.75, 3.05) is 33.5 Å². The number of hydrogen-bond donors (Lipinski definition) is 1. The van der Waals surface area contributed by atoms with E-state index in [2.05, 4.69) is 28.8 Å². The number of carbonyl (C=O) groups is 1. The molecule has 0 aliphatic heterocycles. The van der Waals surface area contributed by atoms with Crippen molar-refractivity contribution in [3.05, 3.63) is 0 Å². The summed E-state index contributed by atoms with van der Waals surface area (Å²) in [5.41, 5.74) is 0. The number of methoxy groups -OCH3 is 1. The highest BCUT2D eigenvalue weighted by Crippen LogP contribution is 2.45. The largest absolute Gasteiger partial charge is 0.453 e. The van der Waals surface area contributed by atoms with Crippen LogP contribution in [0.25, 0.3) is 0 Å². The van der Waals surface area contributed by atoms with Gasteiger partial charge in [0.2, 0.25) is 0 Å². The molecule has 0 bridgehead atoms. The van der Waals surface area contributed by atoms with Gasteiger partial charge in [-0.05, 0) is 37.5 Å². The second-order valence-electron chi connectivity index (χ2n) is 6.41. The van der Waals surface area contributed by atoms with Crippen molar-refractivity contribution in [2.45, 2.75) is 45.4 Å².